The SMILES string of the molecule is COC(=O)/C(C#N)=C/c1cn(Cc2cccc(Cl)c2)nc1-c1ccccc1. The van der Waals surface area contributed by atoms with Crippen molar-refractivity contribution < 1.29 is 9.53 Å². The number of carbonyl (C=O) groups is 1. The zero-order valence-electron chi connectivity index (χ0n) is 14.6. The molecule has 0 fully saturated rings. The molecule has 134 valence electrons. The number of benzene rings is 2. The standard InChI is InChI=1S/C21H16ClN3O2/c1-27-21(26)17(12-23)11-18-14-25(13-15-6-5-9-19(22)10-15)24-20(18)16-7-3-2-4-8-16/h2-11,14H,13H2,1H3/b17-11+. The number of rotatable bonds is 5. The van der Waals surface area contributed by atoms with E-state index in [-0.39, 0.29) is 5.57 Å². The average molecular weight is 378 g/mol. The number of ether oxygens (including phenoxy) is 1. The number of carbonyl (C=O) groups excluding carboxylic acids is 1. The predicted octanol–water partition coefficient (Wildman–Crippen LogP) is 4.33. The fourth-order valence-corrected chi connectivity index (χ4v) is 2.88. The summed E-state index contributed by atoms with van der Waals surface area (Å²) >= 11 is 6.06. The predicted molar refractivity (Wildman–Crippen MR) is 104 cm³/mol. The Morgan fingerprint density at radius 2 is 2.04 bits per heavy atom. The van der Waals surface area contributed by atoms with Crippen LogP contribution in [0.25, 0.3) is 17.3 Å². The van der Waals surface area contributed by atoms with Crippen molar-refractivity contribution in [3.05, 3.63) is 82.5 Å². The van der Waals surface area contributed by atoms with Crippen molar-refractivity contribution in [2.75, 3.05) is 7.11 Å². The molecular formula is C21H16ClN3O2. The first-order valence-corrected chi connectivity index (χ1v) is 8.56. The van der Waals surface area contributed by atoms with Crippen molar-refractivity contribution in [2.45, 2.75) is 6.54 Å². The van der Waals surface area contributed by atoms with Gasteiger partial charge in [0.25, 0.3) is 0 Å². The first-order chi connectivity index (χ1) is 13.1. The fraction of sp³-hybridized carbons (Fsp3) is 0.0952. The van der Waals surface area contributed by atoms with Gasteiger partial charge in [0.2, 0.25) is 0 Å². The lowest BCUT2D eigenvalue weighted by molar-refractivity contribution is -0.135. The van der Waals surface area contributed by atoms with Crippen LogP contribution >= 0.6 is 11.6 Å². The minimum absolute atomic E-state index is 0.0861. The summed E-state index contributed by atoms with van der Waals surface area (Å²) < 4.78 is 6.42. The third-order valence-corrected chi connectivity index (χ3v) is 4.13. The van der Waals surface area contributed by atoms with Crippen LogP contribution in [0.2, 0.25) is 5.02 Å². The zero-order chi connectivity index (χ0) is 19.2. The Bertz CT molecular complexity index is 1030. The van der Waals surface area contributed by atoms with Crippen molar-refractivity contribution in [1.82, 2.24) is 9.78 Å². The third kappa shape index (κ3) is 4.43. The van der Waals surface area contributed by atoms with E-state index in [4.69, 9.17) is 11.6 Å². The molecule has 0 unspecified atom stereocenters. The van der Waals surface area contributed by atoms with Crippen LogP contribution < -0.4 is 0 Å². The van der Waals surface area contributed by atoms with E-state index < -0.39 is 5.97 Å². The molecule has 0 saturated heterocycles. The molecular weight excluding hydrogens is 362 g/mol. The molecule has 3 rings (SSSR count). The zero-order valence-corrected chi connectivity index (χ0v) is 15.3. The molecule has 1 aromatic heterocycles. The van der Waals surface area contributed by atoms with Crippen LogP contribution in [0.3, 0.4) is 0 Å². The van der Waals surface area contributed by atoms with E-state index in [2.05, 4.69) is 9.84 Å². The van der Waals surface area contributed by atoms with Crippen LogP contribution in [-0.4, -0.2) is 22.9 Å². The van der Waals surface area contributed by atoms with Crippen LogP contribution in [0.4, 0.5) is 0 Å². The van der Waals surface area contributed by atoms with Gasteiger partial charge in [0, 0.05) is 22.3 Å². The lowest BCUT2D eigenvalue weighted by atomic mass is 10.1. The number of nitriles is 1. The summed E-state index contributed by atoms with van der Waals surface area (Å²) in [5, 5.41) is 14.6. The Hall–Kier alpha value is -3.36. The van der Waals surface area contributed by atoms with Gasteiger partial charge in [-0.25, -0.2) is 4.79 Å². The molecule has 0 N–H and O–H groups in total. The number of nitrogens with zero attached hydrogens (tertiary/aromatic N) is 3. The van der Waals surface area contributed by atoms with Gasteiger partial charge < -0.3 is 4.74 Å². The molecule has 0 atom stereocenters. The number of aromatic nitrogens is 2. The largest absolute Gasteiger partial charge is 0.465 e. The molecule has 0 aliphatic rings. The van der Waals surface area contributed by atoms with Gasteiger partial charge in [0.1, 0.15) is 11.6 Å². The van der Waals surface area contributed by atoms with Gasteiger partial charge in [-0.1, -0.05) is 54.1 Å². The maximum Gasteiger partial charge on any atom is 0.348 e. The molecule has 5 nitrogen and oxygen atoms in total. The summed E-state index contributed by atoms with van der Waals surface area (Å²) in [7, 11) is 1.24. The quantitative estimate of drug-likeness (QED) is 0.377. The molecule has 0 bridgehead atoms. The number of hydrogen-bond acceptors (Lipinski definition) is 4. The number of methoxy groups -OCH3 is 1. The molecule has 0 saturated carbocycles. The van der Waals surface area contributed by atoms with E-state index >= 15 is 0 Å². The second-order valence-electron chi connectivity index (χ2n) is 5.79. The monoisotopic (exact) mass is 377 g/mol. The van der Waals surface area contributed by atoms with Crippen molar-refractivity contribution in [2.24, 2.45) is 0 Å². The van der Waals surface area contributed by atoms with Crippen molar-refractivity contribution in [3.63, 3.8) is 0 Å². The summed E-state index contributed by atoms with van der Waals surface area (Å²) in [4.78, 5) is 11.8. The number of halogens is 1. The number of hydrogen-bond donors (Lipinski definition) is 0. The molecule has 3 aromatic rings. The van der Waals surface area contributed by atoms with E-state index in [0.717, 1.165) is 11.1 Å². The van der Waals surface area contributed by atoms with Crippen molar-refractivity contribution in [3.8, 4) is 17.3 Å². The average Bonchev–Trinajstić information content (AvgIpc) is 3.08. The molecule has 27 heavy (non-hydrogen) atoms. The van der Waals surface area contributed by atoms with E-state index in [1.54, 1.807) is 10.9 Å². The molecule has 0 spiro atoms. The van der Waals surface area contributed by atoms with Crippen molar-refractivity contribution >= 4 is 23.6 Å². The first-order valence-electron chi connectivity index (χ1n) is 8.18. The molecule has 0 amide bonds. The Balaban J connectivity index is 2.05. The maximum absolute atomic E-state index is 11.8. The number of esters is 1. The van der Waals surface area contributed by atoms with Gasteiger partial charge >= 0.3 is 5.97 Å². The van der Waals surface area contributed by atoms with Crippen LogP contribution in [0.1, 0.15) is 11.1 Å². The van der Waals surface area contributed by atoms with Crippen LogP contribution in [0, 0.1) is 11.3 Å². The van der Waals surface area contributed by atoms with E-state index in [9.17, 15) is 10.1 Å². The van der Waals surface area contributed by atoms with Gasteiger partial charge in [0.05, 0.1) is 19.3 Å². The van der Waals surface area contributed by atoms with Crippen molar-refractivity contribution in [1.29, 1.82) is 5.26 Å². The topological polar surface area (TPSA) is 67.9 Å². The minimum Gasteiger partial charge on any atom is -0.465 e. The Morgan fingerprint density at radius 1 is 1.26 bits per heavy atom. The van der Waals surface area contributed by atoms with E-state index in [0.29, 0.717) is 22.8 Å². The minimum atomic E-state index is -0.681. The highest BCUT2D eigenvalue weighted by Crippen LogP contribution is 2.25. The molecule has 6 heteroatoms. The normalized spacial score (nSPS) is 11.1. The lowest BCUT2D eigenvalue weighted by Crippen LogP contribution is -2.02. The Labute approximate surface area is 162 Å². The first kappa shape index (κ1) is 18.4. The second kappa shape index (κ2) is 8.35. The third-order valence-electron chi connectivity index (χ3n) is 3.90. The lowest BCUT2D eigenvalue weighted by Gasteiger charge is -2.02. The second-order valence-corrected chi connectivity index (χ2v) is 6.22. The molecule has 0 aliphatic carbocycles. The molecule has 2 aromatic carbocycles. The van der Waals surface area contributed by atoms with Gasteiger partial charge in [-0.15, -0.1) is 0 Å². The molecule has 0 radical (unpaired) electrons. The molecule has 1 heterocycles. The van der Waals surface area contributed by atoms with E-state index in [1.807, 2.05) is 60.7 Å². The maximum atomic E-state index is 11.8. The van der Waals surface area contributed by atoms with Gasteiger partial charge in [0.15, 0.2) is 0 Å². The van der Waals surface area contributed by atoms with Crippen LogP contribution in [-0.2, 0) is 16.1 Å². The van der Waals surface area contributed by atoms with Gasteiger partial charge in [-0.3, -0.25) is 4.68 Å². The highest BCUT2D eigenvalue weighted by molar-refractivity contribution is 6.30. The highest BCUT2D eigenvalue weighted by atomic mass is 35.5. The Morgan fingerprint density at radius 3 is 2.70 bits per heavy atom. The summed E-state index contributed by atoms with van der Waals surface area (Å²) in [6.07, 6.45) is 3.29. The van der Waals surface area contributed by atoms with Crippen LogP contribution in [0.15, 0.2) is 66.4 Å². The van der Waals surface area contributed by atoms with Crippen LogP contribution in [0.5, 0.6) is 0 Å². The molecule has 0 aliphatic heterocycles. The van der Waals surface area contributed by atoms with E-state index in [1.165, 1.54) is 13.2 Å². The fourth-order valence-electron chi connectivity index (χ4n) is 2.67. The summed E-state index contributed by atoms with van der Waals surface area (Å²) in [5.41, 5.74) is 3.13. The smallest absolute Gasteiger partial charge is 0.348 e. The highest BCUT2D eigenvalue weighted by Gasteiger charge is 2.14. The summed E-state index contributed by atoms with van der Waals surface area (Å²) in [6.45, 7) is 0.508. The van der Waals surface area contributed by atoms with Gasteiger partial charge in [-0.05, 0) is 23.8 Å². The Kier molecular flexibility index (Phi) is 5.70. The summed E-state index contributed by atoms with van der Waals surface area (Å²) in [6, 6.07) is 19.0. The summed E-state index contributed by atoms with van der Waals surface area (Å²) in [5.74, 6) is -0.681. The van der Waals surface area contributed by atoms with Gasteiger partial charge in [-0.2, -0.15) is 10.4 Å².